The minimum atomic E-state index is -0.472. The lowest BCUT2D eigenvalue weighted by Crippen LogP contribution is -2.17. The van der Waals surface area contributed by atoms with Crippen LogP contribution in [0.15, 0.2) is 72.8 Å². The fraction of sp³-hybridized carbons (Fsp3) is 0.217. The van der Waals surface area contributed by atoms with Gasteiger partial charge in [0.2, 0.25) is 0 Å². The van der Waals surface area contributed by atoms with Crippen LogP contribution in [0.4, 0.5) is 0 Å². The zero-order valence-electron chi connectivity index (χ0n) is 14.9. The van der Waals surface area contributed by atoms with Crippen molar-refractivity contribution < 1.29 is 5.11 Å². The maximum absolute atomic E-state index is 10.5. The van der Waals surface area contributed by atoms with Crippen LogP contribution in [0, 0.1) is 5.41 Å². The van der Waals surface area contributed by atoms with E-state index in [1.165, 1.54) is 21.8 Å². The molecule has 0 spiro atoms. The molecule has 3 aromatic carbocycles. The van der Waals surface area contributed by atoms with Crippen LogP contribution in [-0.2, 0) is 0 Å². The Morgan fingerprint density at radius 1 is 0.720 bits per heavy atom. The Kier molecular flexibility index (Phi) is 3.66. The smallest absolute Gasteiger partial charge is 0.0838 e. The molecule has 1 aromatic heterocycles. The maximum Gasteiger partial charge on any atom is 0.0838 e. The number of para-hydroxylation sites is 2. The van der Waals surface area contributed by atoms with E-state index in [0.29, 0.717) is 0 Å². The second kappa shape index (κ2) is 5.75. The van der Waals surface area contributed by atoms with E-state index in [4.69, 9.17) is 0 Å². The number of aliphatic hydroxyl groups excluding tert-OH is 1. The highest BCUT2D eigenvalue weighted by molar-refractivity contribution is 6.09. The largest absolute Gasteiger partial charge is 0.388 e. The first-order valence-electron chi connectivity index (χ1n) is 8.73. The number of aromatic nitrogens is 1. The number of nitrogens with zero attached hydrogens (tertiary/aromatic N) is 1. The van der Waals surface area contributed by atoms with Gasteiger partial charge in [0, 0.05) is 16.5 Å². The molecule has 0 radical (unpaired) electrons. The van der Waals surface area contributed by atoms with Crippen molar-refractivity contribution in [2.24, 2.45) is 5.41 Å². The molecule has 0 aliphatic heterocycles. The van der Waals surface area contributed by atoms with Gasteiger partial charge in [-0.15, -0.1) is 0 Å². The standard InChI is InChI=1S/C23H23NO/c1-23(2,3)22(25)16-12-14-17(15-13-16)24-20-10-6-4-8-18(20)19-9-5-7-11-21(19)24/h4-15,22,25H,1-3H3. The van der Waals surface area contributed by atoms with Crippen LogP contribution in [0.25, 0.3) is 27.5 Å². The molecule has 0 aliphatic carbocycles. The van der Waals surface area contributed by atoms with Gasteiger partial charge >= 0.3 is 0 Å². The van der Waals surface area contributed by atoms with Gasteiger partial charge in [-0.05, 0) is 35.2 Å². The molecule has 25 heavy (non-hydrogen) atoms. The summed E-state index contributed by atoms with van der Waals surface area (Å²) in [6.07, 6.45) is -0.472. The van der Waals surface area contributed by atoms with E-state index in [-0.39, 0.29) is 5.41 Å². The van der Waals surface area contributed by atoms with Gasteiger partial charge in [-0.3, -0.25) is 0 Å². The molecule has 2 heteroatoms. The predicted molar refractivity (Wildman–Crippen MR) is 105 cm³/mol. The first-order chi connectivity index (χ1) is 12.0. The lowest BCUT2D eigenvalue weighted by Gasteiger charge is -2.26. The van der Waals surface area contributed by atoms with Gasteiger partial charge in [-0.2, -0.15) is 0 Å². The summed E-state index contributed by atoms with van der Waals surface area (Å²) in [7, 11) is 0. The summed E-state index contributed by atoms with van der Waals surface area (Å²) in [5, 5.41) is 13.0. The molecule has 0 amide bonds. The summed E-state index contributed by atoms with van der Waals surface area (Å²) < 4.78 is 2.29. The number of aliphatic hydroxyl groups is 1. The van der Waals surface area contributed by atoms with E-state index in [2.05, 4.69) is 86.0 Å². The van der Waals surface area contributed by atoms with Gasteiger partial charge in [-0.25, -0.2) is 0 Å². The highest BCUT2D eigenvalue weighted by atomic mass is 16.3. The molecule has 0 saturated heterocycles. The molecule has 4 aromatic rings. The van der Waals surface area contributed by atoms with E-state index in [9.17, 15) is 5.11 Å². The highest BCUT2D eigenvalue weighted by Gasteiger charge is 2.23. The van der Waals surface area contributed by atoms with Crippen molar-refractivity contribution in [1.82, 2.24) is 4.57 Å². The average Bonchev–Trinajstić information content (AvgIpc) is 2.95. The SMILES string of the molecule is CC(C)(C)C(O)c1ccc(-n2c3ccccc3c3ccccc32)cc1. The summed E-state index contributed by atoms with van der Waals surface area (Å²) in [5.41, 5.74) is 4.30. The van der Waals surface area contributed by atoms with Gasteiger partial charge < -0.3 is 9.67 Å². The number of hydrogen-bond acceptors (Lipinski definition) is 1. The first-order valence-corrected chi connectivity index (χ1v) is 8.73. The van der Waals surface area contributed by atoms with E-state index in [0.717, 1.165) is 11.3 Å². The Morgan fingerprint density at radius 3 is 1.68 bits per heavy atom. The molecule has 1 unspecified atom stereocenters. The molecule has 1 atom stereocenters. The van der Waals surface area contributed by atoms with Crippen molar-refractivity contribution >= 4 is 21.8 Å². The van der Waals surface area contributed by atoms with Gasteiger partial charge in [0.05, 0.1) is 17.1 Å². The van der Waals surface area contributed by atoms with Gasteiger partial charge in [0.1, 0.15) is 0 Å². The fourth-order valence-electron chi connectivity index (χ4n) is 3.51. The van der Waals surface area contributed by atoms with Crippen LogP contribution in [0.3, 0.4) is 0 Å². The van der Waals surface area contributed by atoms with Crippen molar-refractivity contribution in [3.05, 3.63) is 78.4 Å². The second-order valence-electron chi connectivity index (χ2n) is 7.73. The Morgan fingerprint density at radius 2 is 1.20 bits per heavy atom. The quantitative estimate of drug-likeness (QED) is 0.489. The van der Waals surface area contributed by atoms with E-state index in [1.54, 1.807) is 0 Å². The second-order valence-corrected chi connectivity index (χ2v) is 7.73. The van der Waals surface area contributed by atoms with Crippen LogP contribution in [-0.4, -0.2) is 9.67 Å². The minimum Gasteiger partial charge on any atom is -0.388 e. The Balaban J connectivity index is 1.90. The summed E-state index contributed by atoms with van der Waals surface area (Å²) in [5.74, 6) is 0. The topological polar surface area (TPSA) is 25.2 Å². The lowest BCUT2D eigenvalue weighted by molar-refractivity contribution is 0.0627. The predicted octanol–water partition coefficient (Wildman–Crippen LogP) is 5.86. The normalized spacial score (nSPS) is 13.4. The summed E-state index contributed by atoms with van der Waals surface area (Å²) in [4.78, 5) is 0. The van der Waals surface area contributed by atoms with Crippen LogP contribution in [0.1, 0.15) is 32.4 Å². The van der Waals surface area contributed by atoms with Crippen molar-refractivity contribution in [2.45, 2.75) is 26.9 Å². The average molecular weight is 329 g/mol. The van der Waals surface area contributed by atoms with Gasteiger partial charge in [-0.1, -0.05) is 69.3 Å². The number of fused-ring (bicyclic) bond motifs is 3. The number of benzene rings is 3. The monoisotopic (exact) mass is 329 g/mol. The molecule has 2 nitrogen and oxygen atoms in total. The van der Waals surface area contributed by atoms with Crippen molar-refractivity contribution in [3.63, 3.8) is 0 Å². The molecular formula is C23H23NO. The summed E-state index contributed by atoms with van der Waals surface area (Å²) >= 11 is 0. The number of rotatable bonds is 2. The van der Waals surface area contributed by atoms with Crippen molar-refractivity contribution in [1.29, 1.82) is 0 Å². The summed E-state index contributed by atoms with van der Waals surface area (Å²) in [6, 6.07) is 25.3. The van der Waals surface area contributed by atoms with Gasteiger partial charge in [0.15, 0.2) is 0 Å². The lowest BCUT2D eigenvalue weighted by atomic mass is 9.85. The molecule has 4 rings (SSSR count). The zero-order chi connectivity index (χ0) is 17.6. The van der Waals surface area contributed by atoms with Crippen LogP contribution >= 0.6 is 0 Å². The molecule has 1 N–H and O–H groups in total. The fourth-order valence-corrected chi connectivity index (χ4v) is 3.51. The minimum absolute atomic E-state index is 0.172. The third kappa shape index (κ3) is 2.63. The van der Waals surface area contributed by atoms with Crippen LogP contribution in [0.2, 0.25) is 0 Å². The third-order valence-corrected chi connectivity index (χ3v) is 4.87. The highest BCUT2D eigenvalue weighted by Crippen LogP contribution is 2.35. The Bertz CT molecular complexity index is 982. The summed E-state index contributed by atoms with van der Waals surface area (Å²) in [6.45, 7) is 6.16. The van der Waals surface area contributed by atoms with Crippen molar-refractivity contribution in [2.75, 3.05) is 0 Å². The van der Waals surface area contributed by atoms with Gasteiger partial charge in [0.25, 0.3) is 0 Å². The van der Waals surface area contributed by atoms with Crippen LogP contribution in [0.5, 0.6) is 0 Å². The van der Waals surface area contributed by atoms with Crippen LogP contribution < -0.4 is 0 Å². The zero-order valence-corrected chi connectivity index (χ0v) is 14.9. The molecule has 1 heterocycles. The number of hydrogen-bond donors (Lipinski definition) is 1. The third-order valence-electron chi connectivity index (χ3n) is 4.87. The maximum atomic E-state index is 10.5. The van der Waals surface area contributed by atoms with E-state index in [1.807, 2.05) is 12.1 Å². The first kappa shape index (κ1) is 15.9. The molecule has 126 valence electrons. The van der Waals surface area contributed by atoms with Crippen molar-refractivity contribution in [3.8, 4) is 5.69 Å². The molecule has 0 fully saturated rings. The molecule has 0 bridgehead atoms. The Labute approximate surface area is 148 Å². The van der Waals surface area contributed by atoms with E-state index < -0.39 is 6.10 Å². The Hall–Kier alpha value is -2.58. The molecule has 0 saturated carbocycles. The van der Waals surface area contributed by atoms with E-state index >= 15 is 0 Å². The molecular weight excluding hydrogens is 306 g/mol. The molecule has 0 aliphatic rings.